The first-order valence-electron chi connectivity index (χ1n) is 4.30. The monoisotopic (exact) mass is 155 g/mol. The summed E-state index contributed by atoms with van der Waals surface area (Å²) in [6, 6.07) is 0. The second kappa shape index (κ2) is 4.55. The zero-order chi connectivity index (χ0) is 8.91. The van der Waals surface area contributed by atoms with Gasteiger partial charge in [0.05, 0.1) is 0 Å². The quantitative estimate of drug-likeness (QED) is 0.620. The van der Waals surface area contributed by atoms with Crippen molar-refractivity contribution in [3.8, 4) is 0 Å². The first kappa shape index (κ1) is 10.7. The van der Waals surface area contributed by atoms with E-state index in [0.717, 1.165) is 13.0 Å². The summed E-state index contributed by atoms with van der Waals surface area (Å²) in [5.74, 6) is 0.618. The van der Waals surface area contributed by atoms with E-state index in [2.05, 4.69) is 27.4 Å². The topological polar surface area (TPSA) is 26.0 Å². The standard InChI is InChI=1S/C10H21N/c1-5-6-9(8-11)7-10(2,3)4/h5,9H,1,6-8,11H2,2-4H3/t9-/m0/s1. The van der Waals surface area contributed by atoms with Crippen molar-refractivity contribution >= 4 is 0 Å². The molecule has 11 heavy (non-hydrogen) atoms. The smallest absolute Gasteiger partial charge is 0.00457 e. The molecule has 66 valence electrons. The highest BCUT2D eigenvalue weighted by molar-refractivity contribution is 4.77. The van der Waals surface area contributed by atoms with Crippen LogP contribution < -0.4 is 5.73 Å². The van der Waals surface area contributed by atoms with Crippen LogP contribution in [0.2, 0.25) is 0 Å². The Labute approximate surface area is 70.7 Å². The largest absolute Gasteiger partial charge is 0.330 e. The van der Waals surface area contributed by atoms with Crippen LogP contribution in [0.15, 0.2) is 12.7 Å². The molecule has 1 atom stereocenters. The van der Waals surface area contributed by atoms with E-state index in [4.69, 9.17) is 5.73 Å². The molecule has 0 fully saturated rings. The van der Waals surface area contributed by atoms with Crippen molar-refractivity contribution in [1.29, 1.82) is 0 Å². The van der Waals surface area contributed by atoms with Crippen molar-refractivity contribution in [3.63, 3.8) is 0 Å². The van der Waals surface area contributed by atoms with Crippen molar-refractivity contribution < 1.29 is 0 Å². The summed E-state index contributed by atoms with van der Waals surface area (Å²) in [7, 11) is 0. The molecule has 0 amide bonds. The van der Waals surface area contributed by atoms with Crippen molar-refractivity contribution in [1.82, 2.24) is 0 Å². The highest BCUT2D eigenvalue weighted by atomic mass is 14.5. The number of hydrogen-bond donors (Lipinski definition) is 1. The number of hydrogen-bond acceptors (Lipinski definition) is 1. The molecule has 1 nitrogen and oxygen atoms in total. The Balaban J connectivity index is 3.77. The molecule has 0 radical (unpaired) electrons. The fourth-order valence-electron chi connectivity index (χ4n) is 1.36. The Morgan fingerprint density at radius 1 is 1.45 bits per heavy atom. The van der Waals surface area contributed by atoms with E-state index in [0.29, 0.717) is 11.3 Å². The van der Waals surface area contributed by atoms with Crippen LogP contribution in [0.1, 0.15) is 33.6 Å². The summed E-state index contributed by atoms with van der Waals surface area (Å²) in [6.07, 6.45) is 4.20. The van der Waals surface area contributed by atoms with Crippen LogP contribution in [-0.2, 0) is 0 Å². The van der Waals surface area contributed by atoms with E-state index in [9.17, 15) is 0 Å². The summed E-state index contributed by atoms with van der Waals surface area (Å²) in [5.41, 5.74) is 6.01. The molecule has 0 aliphatic heterocycles. The zero-order valence-corrected chi connectivity index (χ0v) is 8.06. The van der Waals surface area contributed by atoms with Crippen molar-refractivity contribution in [2.45, 2.75) is 33.6 Å². The average molecular weight is 155 g/mol. The van der Waals surface area contributed by atoms with Crippen LogP contribution in [0.5, 0.6) is 0 Å². The van der Waals surface area contributed by atoms with Gasteiger partial charge < -0.3 is 5.73 Å². The SMILES string of the molecule is C=CC[C@H](CN)CC(C)(C)C. The summed E-state index contributed by atoms with van der Waals surface area (Å²) in [4.78, 5) is 0. The van der Waals surface area contributed by atoms with E-state index >= 15 is 0 Å². The summed E-state index contributed by atoms with van der Waals surface area (Å²) >= 11 is 0. The Bertz CT molecular complexity index is 111. The lowest BCUT2D eigenvalue weighted by molar-refractivity contribution is 0.298. The third-order valence-electron chi connectivity index (χ3n) is 1.73. The third kappa shape index (κ3) is 6.11. The second-order valence-corrected chi connectivity index (χ2v) is 4.39. The molecule has 0 bridgehead atoms. The van der Waals surface area contributed by atoms with Gasteiger partial charge in [0.25, 0.3) is 0 Å². The Morgan fingerprint density at radius 2 is 2.00 bits per heavy atom. The van der Waals surface area contributed by atoms with Crippen LogP contribution in [-0.4, -0.2) is 6.54 Å². The van der Waals surface area contributed by atoms with Gasteiger partial charge >= 0.3 is 0 Å². The van der Waals surface area contributed by atoms with Gasteiger partial charge in [0.15, 0.2) is 0 Å². The molecule has 0 aliphatic carbocycles. The summed E-state index contributed by atoms with van der Waals surface area (Å²) < 4.78 is 0. The average Bonchev–Trinajstić information content (AvgIpc) is 1.84. The van der Waals surface area contributed by atoms with Gasteiger partial charge in [0.1, 0.15) is 0 Å². The third-order valence-corrected chi connectivity index (χ3v) is 1.73. The Hall–Kier alpha value is -0.300. The molecule has 0 saturated carbocycles. The maximum atomic E-state index is 5.62. The van der Waals surface area contributed by atoms with E-state index in [1.807, 2.05) is 6.08 Å². The van der Waals surface area contributed by atoms with Crippen molar-refractivity contribution in [2.24, 2.45) is 17.1 Å². The van der Waals surface area contributed by atoms with Crippen LogP contribution >= 0.6 is 0 Å². The molecule has 0 aliphatic rings. The van der Waals surface area contributed by atoms with Gasteiger partial charge in [0.2, 0.25) is 0 Å². The maximum absolute atomic E-state index is 5.62. The molecule has 0 aromatic carbocycles. The first-order chi connectivity index (χ1) is 4.99. The van der Waals surface area contributed by atoms with Crippen LogP contribution in [0.4, 0.5) is 0 Å². The number of nitrogens with two attached hydrogens (primary N) is 1. The van der Waals surface area contributed by atoms with Gasteiger partial charge in [-0.2, -0.15) is 0 Å². The van der Waals surface area contributed by atoms with Gasteiger partial charge in [-0.15, -0.1) is 6.58 Å². The van der Waals surface area contributed by atoms with Crippen molar-refractivity contribution in [3.05, 3.63) is 12.7 Å². The molecule has 0 spiro atoms. The molecule has 0 rings (SSSR count). The lowest BCUT2D eigenvalue weighted by Crippen LogP contribution is -2.20. The molecule has 0 aromatic heterocycles. The van der Waals surface area contributed by atoms with Gasteiger partial charge in [-0.25, -0.2) is 0 Å². The molecule has 0 aromatic rings. The predicted octanol–water partition coefficient (Wildman–Crippen LogP) is 2.57. The highest BCUT2D eigenvalue weighted by Gasteiger charge is 2.16. The molecular weight excluding hydrogens is 134 g/mol. The Kier molecular flexibility index (Phi) is 4.43. The molecule has 0 unspecified atom stereocenters. The fourth-order valence-corrected chi connectivity index (χ4v) is 1.36. The van der Waals surface area contributed by atoms with Gasteiger partial charge in [0, 0.05) is 0 Å². The normalized spacial score (nSPS) is 14.5. The van der Waals surface area contributed by atoms with Crippen molar-refractivity contribution in [2.75, 3.05) is 6.54 Å². The van der Waals surface area contributed by atoms with E-state index < -0.39 is 0 Å². The van der Waals surface area contributed by atoms with Crippen LogP contribution in [0.3, 0.4) is 0 Å². The molecular formula is C10H21N. The summed E-state index contributed by atoms with van der Waals surface area (Å²) in [6.45, 7) is 11.3. The summed E-state index contributed by atoms with van der Waals surface area (Å²) in [5, 5.41) is 0. The molecule has 0 saturated heterocycles. The van der Waals surface area contributed by atoms with Gasteiger partial charge in [-0.05, 0) is 30.7 Å². The molecule has 2 N–H and O–H groups in total. The maximum Gasteiger partial charge on any atom is -0.00457 e. The predicted molar refractivity (Wildman–Crippen MR) is 51.4 cm³/mol. The molecule has 0 heterocycles. The molecule has 1 heteroatoms. The Morgan fingerprint density at radius 3 is 2.27 bits per heavy atom. The van der Waals surface area contributed by atoms with Gasteiger partial charge in [-0.1, -0.05) is 26.8 Å². The van der Waals surface area contributed by atoms with E-state index in [-0.39, 0.29) is 0 Å². The zero-order valence-electron chi connectivity index (χ0n) is 8.06. The minimum Gasteiger partial charge on any atom is -0.330 e. The van der Waals surface area contributed by atoms with E-state index in [1.165, 1.54) is 6.42 Å². The van der Waals surface area contributed by atoms with Gasteiger partial charge in [-0.3, -0.25) is 0 Å². The lowest BCUT2D eigenvalue weighted by Gasteiger charge is -2.23. The minimum absolute atomic E-state index is 0.396. The second-order valence-electron chi connectivity index (χ2n) is 4.39. The minimum atomic E-state index is 0.396. The first-order valence-corrected chi connectivity index (χ1v) is 4.30. The van der Waals surface area contributed by atoms with Crippen LogP contribution in [0.25, 0.3) is 0 Å². The fraction of sp³-hybridized carbons (Fsp3) is 0.800. The number of allylic oxidation sites excluding steroid dienone is 1. The van der Waals surface area contributed by atoms with E-state index in [1.54, 1.807) is 0 Å². The number of rotatable bonds is 4. The van der Waals surface area contributed by atoms with Crippen LogP contribution in [0, 0.1) is 11.3 Å². The highest BCUT2D eigenvalue weighted by Crippen LogP contribution is 2.25. The lowest BCUT2D eigenvalue weighted by atomic mass is 9.83.